The maximum absolute atomic E-state index is 12.3. The lowest BCUT2D eigenvalue weighted by molar-refractivity contribution is 0.0696. The number of amides is 1. The molecule has 0 fully saturated rings. The summed E-state index contributed by atoms with van der Waals surface area (Å²) in [6.07, 6.45) is 1.49. The number of aromatic carboxylic acids is 1. The zero-order chi connectivity index (χ0) is 21.6. The van der Waals surface area contributed by atoms with Crippen LogP contribution in [0.4, 0.5) is 0 Å². The standard InChI is InChI=1S/C24H18N2O5/c27-23(22-13-18-5-1-4-8-21(18)31-22)26-25-14-19-6-2-3-7-20(19)30-15-16-9-11-17(12-10-16)24(28)29/h1-14H,15H2,(H,26,27)(H,28,29)/b25-14+. The summed E-state index contributed by atoms with van der Waals surface area (Å²) < 4.78 is 11.4. The van der Waals surface area contributed by atoms with Crippen molar-refractivity contribution in [2.24, 2.45) is 5.10 Å². The summed E-state index contributed by atoms with van der Waals surface area (Å²) in [4.78, 5) is 23.2. The number of benzene rings is 3. The van der Waals surface area contributed by atoms with E-state index in [0.29, 0.717) is 16.9 Å². The number of ether oxygens (including phenoxy) is 1. The summed E-state index contributed by atoms with van der Waals surface area (Å²) in [5.74, 6) is -0.678. The third-order valence-electron chi connectivity index (χ3n) is 4.53. The summed E-state index contributed by atoms with van der Waals surface area (Å²) in [5.41, 5.74) is 4.81. The molecule has 1 amide bonds. The van der Waals surface area contributed by atoms with E-state index >= 15 is 0 Å². The number of carbonyl (C=O) groups excluding carboxylic acids is 1. The van der Waals surface area contributed by atoms with Crippen LogP contribution in [0.3, 0.4) is 0 Å². The van der Waals surface area contributed by atoms with Crippen LogP contribution >= 0.6 is 0 Å². The first kappa shape index (κ1) is 19.9. The number of carboxylic acids is 1. The quantitative estimate of drug-likeness (QED) is 0.343. The minimum atomic E-state index is -0.973. The highest BCUT2D eigenvalue weighted by molar-refractivity contribution is 5.96. The van der Waals surface area contributed by atoms with Gasteiger partial charge in [0.05, 0.1) is 11.8 Å². The Kier molecular flexibility index (Phi) is 5.75. The maximum Gasteiger partial charge on any atom is 0.335 e. The van der Waals surface area contributed by atoms with Gasteiger partial charge in [-0.2, -0.15) is 5.10 Å². The molecule has 31 heavy (non-hydrogen) atoms. The predicted molar refractivity (Wildman–Crippen MR) is 115 cm³/mol. The smallest absolute Gasteiger partial charge is 0.335 e. The molecule has 1 aromatic heterocycles. The molecule has 7 nitrogen and oxygen atoms in total. The van der Waals surface area contributed by atoms with E-state index in [9.17, 15) is 9.59 Å². The Labute approximate surface area is 177 Å². The molecule has 0 saturated carbocycles. The Morgan fingerprint density at radius 1 is 1.00 bits per heavy atom. The number of furan rings is 1. The fourth-order valence-electron chi connectivity index (χ4n) is 2.93. The molecule has 0 atom stereocenters. The fourth-order valence-corrected chi connectivity index (χ4v) is 2.93. The van der Waals surface area contributed by atoms with Gasteiger partial charge in [0.1, 0.15) is 17.9 Å². The lowest BCUT2D eigenvalue weighted by Gasteiger charge is -2.09. The third kappa shape index (κ3) is 4.79. The van der Waals surface area contributed by atoms with Crippen LogP contribution in [0.2, 0.25) is 0 Å². The van der Waals surface area contributed by atoms with Gasteiger partial charge in [-0.25, -0.2) is 10.2 Å². The van der Waals surface area contributed by atoms with Crippen molar-refractivity contribution < 1.29 is 23.8 Å². The van der Waals surface area contributed by atoms with Crippen molar-refractivity contribution in [3.63, 3.8) is 0 Å². The van der Waals surface area contributed by atoms with Crippen molar-refractivity contribution in [3.05, 3.63) is 101 Å². The second kappa shape index (κ2) is 8.96. The van der Waals surface area contributed by atoms with Crippen LogP contribution in [0.15, 0.2) is 88.4 Å². The second-order valence-corrected chi connectivity index (χ2v) is 6.68. The number of nitrogens with one attached hydrogen (secondary N) is 1. The van der Waals surface area contributed by atoms with Crippen molar-refractivity contribution >= 4 is 29.1 Å². The minimum absolute atomic E-state index is 0.174. The van der Waals surface area contributed by atoms with Crippen molar-refractivity contribution in [2.45, 2.75) is 6.61 Å². The molecule has 0 aliphatic rings. The van der Waals surface area contributed by atoms with Gasteiger partial charge in [-0.15, -0.1) is 0 Å². The van der Waals surface area contributed by atoms with E-state index in [4.69, 9.17) is 14.3 Å². The number of para-hydroxylation sites is 2. The van der Waals surface area contributed by atoms with Gasteiger partial charge >= 0.3 is 11.9 Å². The van der Waals surface area contributed by atoms with E-state index in [1.54, 1.807) is 36.4 Å². The first-order valence-corrected chi connectivity index (χ1v) is 9.46. The highest BCUT2D eigenvalue weighted by atomic mass is 16.5. The minimum Gasteiger partial charge on any atom is -0.488 e. The van der Waals surface area contributed by atoms with Gasteiger partial charge in [0.25, 0.3) is 0 Å². The first-order chi connectivity index (χ1) is 15.1. The van der Waals surface area contributed by atoms with Crippen molar-refractivity contribution in [1.29, 1.82) is 0 Å². The van der Waals surface area contributed by atoms with Crippen LogP contribution in [0.5, 0.6) is 5.75 Å². The molecule has 4 aromatic rings. The van der Waals surface area contributed by atoms with Crippen molar-refractivity contribution in [2.75, 3.05) is 0 Å². The maximum atomic E-state index is 12.3. The molecule has 2 N–H and O–H groups in total. The number of carbonyl (C=O) groups is 2. The summed E-state index contributed by atoms with van der Waals surface area (Å²) in [6, 6.07) is 22.7. The molecule has 4 rings (SSSR count). The van der Waals surface area contributed by atoms with Crippen LogP contribution in [0, 0.1) is 0 Å². The molecule has 1 heterocycles. The fraction of sp³-hybridized carbons (Fsp3) is 0.0417. The largest absolute Gasteiger partial charge is 0.488 e. The monoisotopic (exact) mass is 414 g/mol. The molecule has 3 aromatic carbocycles. The Morgan fingerprint density at radius 3 is 2.52 bits per heavy atom. The van der Waals surface area contributed by atoms with Gasteiger partial charge in [0, 0.05) is 10.9 Å². The summed E-state index contributed by atoms with van der Waals surface area (Å²) in [6.45, 7) is 0.260. The third-order valence-corrected chi connectivity index (χ3v) is 4.53. The Balaban J connectivity index is 1.40. The molecular weight excluding hydrogens is 396 g/mol. The highest BCUT2D eigenvalue weighted by Gasteiger charge is 2.11. The Morgan fingerprint density at radius 2 is 1.74 bits per heavy atom. The van der Waals surface area contributed by atoms with Gasteiger partial charge in [0.2, 0.25) is 0 Å². The molecule has 0 unspecified atom stereocenters. The van der Waals surface area contributed by atoms with Gasteiger partial charge in [-0.1, -0.05) is 42.5 Å². The second-order valence-electron chi connectivity index (χ2n) is 6.68. The van der Waals surface area contributed by atoms with Gasteiger partial charge < -0.3 is 14.3 Å². The van der Waals surface area contributed by atoms with Crippen LogP contribution < -0.4 is 10.2 Å². The van der Waals surface area contributed by atoms with Crippen LogP contribution in [-0.2, 0) is 6.61 Å². The molecule has 7 heteroatoms. The topological polar surface area (TPSA) is 101 Å². The van der Waals surface area contributed by atoms with Crippen LogP contribution in [0.1, 0.15) is 32.0 Å². The van der Waals surface area contributed by atoms with E-state index in [1.807, 2.05) is 30.3 Å². The molecule has 0 spiro atoms. The number of nitrogens with zero attached hydrogens (tertiary/aromatic N) is 1. The van der Waals surface area contributed by atoms with E-state index < -0.39 is 11.9 Å². The van der Waals surface area contributed by atoms with Crippen LogP contribution in [0.25, 0.3) is 11.0 Å². The summed E-state index contributed by atoms with van der Waals surface area (Å²) in [5, 5.41) is 13.8. The van der Waals surface area contributed by atoms with Crippen molar-refractivity contribution in [3.8, 4) is 5.75 Å². The molecular formula is C24H18N2O5. The van der Waals surface area contributed by atoms with E-state index in [0.717, 1.165) is 10.9 Å². The van der Waals surface area contributed by atoms with Gasteiger partial charge in [-0.3, -0.25) is 4.79 Å². The normalized spacial score (nSPS) is 11.0. The molecule has 154 valence electrons. The number of hydrazone groups is 1. The molecule has 0 bridgehead atoms. The van der Waals surface area contributed by atoms with Crippen LogP contribution in [-0.4, -0.2) is 23.2 Å². The zero-order valence-corrected chi connectivity index (χ0v) is 16.3. The Hall–Kier alpha value is -4.39. The molecule has 0 radical (unpaired) electrons. The molecule has 0 aliphatic carbocycles. The first-order valence-electron chi connectivity index (χ1n) is 9.46. The van der Waals surface area contributed by atoms with E-state index in [1.165, 1.54) is 18.3 Å². The average molecular weight is 414 g/mol. The van der Waals surface area contributed by atoms with Gasteiger partial charge in [0.15, 0.2) is 5.76 Å². The van der Waals surface area contributed by atoms with E-state index in [-0.39, 0.29) is 17.9 Å². The average Bonchev–Trinajstić information content (AvgIpc) is 3.23. The molecule has 0 aliphatic heterocycles. The number of hydrogen-bond acceptors (Lipinski definition) is 5. The predicted octanol–water partition coefficient (Wildman–Crippen LogP) is 4.47. The van der Waals surface area contributed by atoms with Gasteiger partial charge in [-0.05, 0) is 42.0 Å². The lowest BCUT2D eigenvalue weighted by atomic mass is 10.1. The summed E-state index contributed by atoms with van der Waals surface area (Å²) >= 11 is 0. The van der Waals surface area contributed by atoms with Crippen molar-refractivity contribution in [1.82, 2.24) is 5.43 Å². The molecule has 0 saturated heterocycles. The van der Waals surface area contributed by atoms with E-state index in [2.05, 4.69) is 10.5 Å². The Bertz CT molecular complexity index is 1230. The number of rotatable bonds is 7. The number of carboxylic acid groups (broad SMARTS) is 1. The number of fused-ring (bicyclic) bond motifs is 1. The lowest BCUT2D eigenvalue weighted by Crippen LogP contribution is -2.16. The zero-order valence-electron chi connectivity index (χ0n) is 16.3. The number of hydrogen-bond donors (Lipinski definition) is 2. The SMILES string of the molecule is O=C(O)c1ccc(COc2ccccc2/C=N/NC(=O)c2cc3ccccc3o2)cc1. The highest BCUT2D eigenvalue weighted by Crippen LogP contribution is 2.19. The summed E-state index contributed by atoms with van der Waals surface area (Å²) in [7, 11) is 0.